The van der Waals surface area contributed by atoms with Crippen molar-refractivity contribution in [1.29, 1.82) is 0 Å². The Morgan fingerprint density at radius 2 is 0.800 bits per heavy atom. The van der Waals surface area contributed by atoms with Crippen LogP contribution in [0.4, 0.5) is 0 Å². The highest BCUT2D eigenvalue weighted by molar-refractivity contribution is 5.80. The average molecular weight is 403 g/mol. The number of aromatic hydroxyl groups is 2. The Kier molecular flexibility index (Phi) is 5.99. The van der Waals surface area contributed by atoms with Gasteiger partial charge in [-0.2, -0.15) is 0 Å². The Morgan fingerprint density at radius 3 is 1.07 bits per heavy atom. The average Bonchev–Trinajstić information content (AvgIpc) is 2.68. The number of phenolic OH excluding ortho intramolecular Hbond substituents is 2. The molecular weight excluding hydrogens is 368 g/mol. The van der Waals surface area contributed by atoms with E-state index in [4.69, 9.17) is 0 Å². The van der Waals surface area contributed by atoms with E-state index in [1.165, 1.54) is 22.3 Å². The van der Waals surface area contributed by atoms with Crippen LogP contribution in [0.1, 0.15) is 72.9 Å². The molecule has 0 radical (unpaired) electrons. The van der Waals surface area contributed by atoms with Gasteiger partial charge >= 0.3 is 0 Å². The molecule has 0 fully saturated rings. The van der Waals surface area contributed by atoms with Crippen LogP contribution in [0.3, 0.4) is 0 Å². The number of hydrogen-bond donors (Lipinski definition) is 2. The van der Waals surface area contributed by atoms with Gasteiger partial charge in [-0.05, 0) is 125 Å². The Balaban J connectivity index is 2.37. The molecule has 0 atom stereocenters. The molecule has 0 unspecified atom stereocenters. The van der Waals surface area contributed by atoms with Crippen molar-refractivity contribution in [3.05, 3.63) is 69.8 Å². The molecule has 2 nitrogen and oxygen atoms in total. The fourth-order valence-electron chi connectivity index (χ4n) is 4.31. The molecule has 0 bridgehead atoms. The molecular formula is C28H34O2. The maximum absolute atomic E-state index is 10.3. The molecule has 3 aromatic carbocycles. The maximum atomic E-state index is 10.3. The highest BCUT2D eigenvalue weighted by atomic mass is 16.3. The topological polar surface area (TPSA) is 40.5 Å². The van der Waals surface area contributed by atoms with Crippen LogP contribution in [-0.4, -0.2) is 10.2 Å². The summed E-state index contributed by atoms with van der Waals surface area (Å²) in [7, 11) is 0. The lowest BCUT2D eigenvalue weighted by molar-refractivity contribution is 0.466. The maximum Gasteiger partial charge on any atom is 0.121 e. The summed E-state index contributed by atoms with van der Waals surface area (Å²) >= 11 is 0. The minimum Gasteiger partial charge on any atom is -0.507 e. The third kappa shape index (κ3) is 3.96. The van der Waals surface area contributed by atoms with Gasteiger partial charge in [-0.15, -0.1) is 0 Å². The molecule has 3 rings (SSSR count). The van der Waals surface area contributed by atoms with Gasteiger partial charge in [0.1, 0.15) is 11.5 Å². The van der Waals surface area contributed by atoms with Crippen molar-refractivity contribution in [1.82, 2.24) is 0 Å². The molecule has 0 saturated heterocycles. The Hall–Kier alpha value is -2.74. The molecule has 0 spiro atoms. The van der Waals surface area contributed by atoms with E-state index in [1.54, 1.807) is 0 Å². The summed E-state index contributed by atoms with van der Waals surface area (Å²) in [5, 5.41) is 20.5. The zero-order valence-corrected chi connectivity index (χ0v) is 19.5. The van der Waals surface area contributed by atoms with Crippen LogP contribution in [0.15, 0.2) is 36.4 Å². The number of hydrogen-bond acceptors (Lipinski definition) is 2. The normalized spacial score (nSPS) is 11.5. The lowest BCUT2D eigenvalue weighted by Crippen LogP contribution is -2.01. The van der Waals surface area contributed by atoms with Gasteiger partial charge in [0.05, 0.1) is 0 Å². The van der Waals surface area contributed by atoms with Gasteiger partial charge in [-0.3, -0.25) is 0 Å². The number of rotatable bonds is 4. The highest BCUT2D eigenvalue weighted by Crippen LogP contribution is 2.41. The summed E-state index contributed by atoms with van der Waals surface area (Å²) in [5.74, 6) is 1.50. The van der Waals surface area contributed by atoms with Crippen molar-refractivity contribution in [2.24, 2.45) is 0 Å². The third-order valence-corrected chi connectivity index (χ3v) is 6.07. The summed E-state index contributed by atoms with van der Waals surface area (Å²) in [5.41, 5.74) is 10.9. The highest BCUT2D eigenvalue weighted by Gasteiger charge is 2.19. The largest absolute Gasteiger partial charge is 0.507 e. The lowest BCUT2D eigenvalue weighted by atomic mass is 9.82. The van der Waals surface area contributed by atoms with E-state index in [1.807, 2.05) is 27.7 Å². The summed E-state index contributed by atoms with van der Waals surface area (Å²) in [4.78, 5) is 0. The first-order valence-corrected chi connectivity index (χ1v) is 10.8. The number of phenols is 2. The summed E-state index contributed by atoms with van der Waals surface area (Å²) in [6, 6.07) is 13.0. The molecule has 30 heavy (non-hydrogen) atoms. The molecule has 0 heterocycles. The van der Waals surface area contributed by atoms with Crippen LogP contribution < -0.4 is 0 Å². The van der Waals surface area contributed by atoms with E-state index in [2.05, 4.69) is 64.1 Å². The predicted octanol–water partition coefficient (Wildman–Crippen LogP) is 7.91. The van der Waals surface area contributed by atoms with E-state index < -0.39 is 0 Å². The zero-order valence-electron chi connectivity index (χ0n) is 19.5. The third-order valence-electron chi connectivity index (χ3n) is 6.07. The van der Waals surface area contributed by atoms with E-state index in [-0.39, 0.29) is 0 Å². The second-order valence-corrected chi connectivity index (χ2v) is 9.25. The van der Waals surface area contributed by atoms with Gasteiger partial charge in [-0.1, -0.05) is 33.8 Å². The molecule has 2 heteroatoms. The lowest BCUT2D eigenvalue weighted by Gasteiger charge is -2.22. The van der Waals surface area contributed by atoms with Gasteiger partial charge in [0, 0.05) is 0 Å². The minimum absolute atomic E-state index is 0.369. The van der Waals surface area contributed by atoms with Crippen molar-refractivity contribution < 1.29 is 10.2 Å². The first-order chi connectivity index (χ1) is 14.0. The number of benzene rings is 3. The zero-order chi connectivity index (χ0) is 22.3. The molecule has 2 N–H and O–H groups in total. The second kappa shape index (κ2) is 8.18. The van der Waals surface area contributed by atoms with Gasteiger partial charge in [-0.25, -0.2) is 0 Å². The van der Waals surface area contributed by atoms with Crippen molar-refractivity contribution in [3.8, 4) is 33.8 Å². The molecule has 158 valence electrons. The van der Waals surface area contributed by atoms with E-state index >= 15 is 0 Å². The van der Waals surface area contributed by atoms with E-state index in [0.717, 1.165) is 33.4 Å². The standard InChI is InChI=1S/C28H34O2/c1-15(2)23-13-24(16(3)4)26(22-11-19(7)28(30)20(8)12-22)14-25(23)21-9-17(5)27(29)18(6)10-21/h9-16,29-30H,1-8H3. The molecule has 0 amide bonds. The van der Waals surface area contributed by atoms with Gasteiger partial charge < -0.3 is 10.2 Å². The summed E-state index contributed by atoms with van der Waals surface area (Å²) in [6.07, 6.45) is 0. The van der Waals surface area contributed by atoms with Crippen LogP contribution >= 0.6 is 0 Å². The first-order valence-electron chi connectivity index (χ1n) is 10.8. The fraction of sp³-hybridized carbons (Fsp3) is 0.357. The number of aryl methyl sites for hydroxylation is 4. The Bertz CT molecular complexity index is 973. The van der Waals surface area contributed by atoms with Gasteiger partial charge in [0.25, 0.3) is 0 Å². The van der Waals surface area contributed by atoms with Crippen molar-refractivity contribution in [2.45, 2.75) is 67.2 Å². The van der Waals surface area contributed by atoms with Crippen LogP contribution in [0.25, 0.3) is 22.3 Å². The summed E-state index contributed by atoms with van der Waals surface area (Å²) in [6.45, 7) is 16.8. The molecule has 0 aliphatic heterocycles. The van der Waals surface area contributed by atoms with Crippen LogP contribution in [-0.2, 0) is 0 Å². The van der Waals surface area contributed by atoms with Crippen molar-refractivity contribution in [2.75, 3.05) is 0 Å². The monoisotopic (exact) mass is 402 g/mol. The van der Waals surface area contributed by atoms with Crippen LogP contribution in [0.5, 0.6) is 11.5 Å². The molecule has 0 saturated carbocycles. The van der Waals surface area contributed by atoms with Gasteiger partial charge in [0.2, 0.25) is 0 Å². The smallest absolute Gasteiger partial charge is 0.121 e. The van der Waals surface area contributed by atoms with E-state index in [0.29, 0.717) is 23.3 Å². The predicted molar refractivity (Wildman–Crippen MR) is 128 cm³/mol. The first kappa shape index (κ1) is 22.0. The Labute approximate surface area is 181 Å². The Morgan fingerprint density at radius 1 is 0.500 bits per heavy atom. The summed E-state index contributed by atoms with van der Waals surface area (Å²) < 4.78 is 0. The minimum atomic E-state index is 0.369. The van der Waals surface area contributed by atoms with Gasteiger partial charge in [0.15, 0.2) is 0 Å². The van der Waals surface area contributed by atoms with Crippen molar-refractivity contribution in [3.63, 3.8) is 0 Å². The fourth-order valence-corrected chi connectivity index (χ4v) is 4.31. The van der Waals surface area contributed by atoms with Crippen molar-refractivity contribution >= 4 is 0 Å². The SMILES string of the molecule is Cc1cc(-c2cc(-c3cc(C)c(O)c(C)c3)c(C(C)C)cc2C(C)C)cc(C)c1O. The quantitative estimate of drug-likeness (QED) is 0.465. The molecule has 0 aliphatic rings. The second-order valence-electron chi connectivity index (χ2n) is 9.25. The molecule has 0 aromatic heterocycles. The molecule has 0 aliphatic carbocycles. The molecule has 3 aromatic rings. The van der Waals surface area contributed by atoms with Crippen LogP contribution in [0, 0.1) is 27.7 Å². The van der Waals surface area contributed by atoms with Crippen LogP contribution in [0.2, 0.25) is 0 Å². The van der Waals surface area contributed by atoms with E-state index in [9.17, 15) is 10.2 Å².